The number of rotatable bonds is 6. The Morgan fingerprint density at radius 3 is 2.47 bits per heavy atom. The maximum absolute atomic E-state index is 12.8. The van der Waals surface area contributed by atoms with Gasteiger partial charge in [-0.2, -0.15) is 0 Å². The van der Waals surface area contributed by atoms with Crippen LogP contribution in [0.25, 0.3) is 10.9 Å². The van der Waals surface area contributed by atoms with Crippen molar-refractivity contribution < 1.29 is 13.2 Å². The Morgan fingerprint density at radius 2 is 1.63 bits per heavy atom. The summed E-state index contributed by atoms with van der Waals surface area (Å²) in [7, 11) is -3.92. The number of carbonyl (C=O) groups excluding carboxylic acids is 1. The Kier molecular flexibility index (Phi) is 5.45. The number of carbonyl (C=O) groups is 1. The lowest BCUT2D eigenvalue weighted by Gasteiger charge is -2.13. The van der Waals surface area contributed by atoms with Gasteiger partial charge >= 0.3 is 0 Å². The van der Waals surface area contributed by atoms with Crippen LogP contribution in [0.3, 0.4) is 0 Å². The van der Waals surface area contributed by atoms with Crippen molar-refractivity contribution in [3.63, 3.8) is 0 Å². The molecule has 0 aliphatic rings. The molecule has 6 nitrogen and oxygen atoms in total. The van der Waals surface area contributed by atoms with Gasteiger partial charge in [0.2, 0.25) is 0 Å². The van der Waals surface area contributed by atoms with Crippen LogP contribution in [-0.2, 0) is 16.6 Å². The highest BCUT2D eigenvalue weighted by Crippen LogP contribution is 2.20. The lowest BCUT2D eigenvalue weighted by Crippen LogP contribution is -2.26. The molecule has 4 aromatic rings. The monoisotopic (exact) mass is 417 g/mol. The summed E-state index contributed by atoms with van der Waals surface area (Å²) in [6.07, 6.45) is 1.73. The van der Waals surface area contributed by atoms with E-state index in [-0.39, 0.29) is 17.0 Å². The molecule has 0 aliphatic carbocycles. The summed E-state index contributed by atoms with van der Waals surface area (Å²) in [6.45, 7) is 0.268. The van der Waals surface area contributed by atoms with Gasteiger partial charge in [-0.1, -0.05) is 42.5 Å². The maximum Gasteiger partial charge on any atom is 0.262 e. The summed E-state index contributed by atoms with van der Waals surface area (Å²) >= 11 is 0. The maximum atomic E-state index is 12.8. The number of anilines is 1. The van der Waals surface area contributed by atoms with Crippen LogP contribution in [0.1, 0.15) is 15.9 Å². The highest BCUT2D eigenvalue weighted by molar-refractivity contribution is 7.92. The van der Waals surface area contributed by atoms with E-state index in [2.05, 4.69) is 15.0 Å². The fraction of sp³-hybridized carbons (Fsp3) is 0.0435. The van der Waals surface area contributed by atoms with Gasteiger partial charge in [0, 0.05) is 23.8 Å². The van der Waals surface area contributed by atoms with Crippen LogP contribution in [0.5, 0.6) is 0 Å². The number of para-hydroxylation sites is 1. The number of pyridine rings is 1. The molecule has 0 atom stereocenters. The van der Waals surface area contributed by atoms with Crippen LogP contribution in [0, 0.1) is 0 Å². The van der Waals surface area contributed by atoms with Gasteiger partial charge in [0.25, 0.3) is 15.9 Å². The molecule has 1 amide bonds. The predicted octanol–water partition coefficient (Wildman–Crippen LogP) is 3.97. The van der Waals surface area contributed by atoms with E-state index in [1.807, 2.05) is 30.3 Å². The molecule has 1 aromatic heterocycles. The van der Waals surface area contributed by atoms with Crippen LogP contribution in [-0.4, -0.2) is 19.3 Å². The molecule has 7 heteroatoms. The molecule has 0 radical (unpaired) electrons. The van der Waals surface area contributed by atoms with Crippen LogP contribution in [0.4, 0.5) is 5.69 Å². The topological polar surface area (TPSA) is 88.2 Å². The first kappa shape index (κ1) is 19.6. The first-order valence-electron chi connectivity index (χ1n) is 9.32. The molecule has 2 N–H and O–H groups in total. The molecule has 0 spiro atoms. The Labute approximate surface area is 174 Å². The van der Waals surface area contributed by atoms with Crippen molar-refractivity contribution in [3.8, 4) is 0 Å². The van der Waals surface area contributed by atoms with E-state index in [1.165, 1.54) is 12.1 Å². The molecule has 0 bridgehead atoms. The molecule has 0 aliphatic heterocycles. The smallest absolute Gasteiger partial charge is 0.262 e. The highest BCUT2D eigenvalue weighted by Gasteiger charge is 2.22. The number of nitrogens with zero attached hydrogens (tertiary/aromatic N) is 1. The summed E-state index contributed by atoms with van der Waals surface area (Å²) in [5.41, 5.74) is 2.28. The van der Waals surface area contributed by atoms with Crippen LogP contribution >= 0.6 is 0 Å². The van der Waals surface area contributed by atoms with Gasteiger partial charge in [-0.05, 0) is 48.0 Å². The van der Waals surface area contributed by atoms with Gasteiger partial charge in [-0.3, -0.25) is 14.5 Å². The number of hydrogen-bond donors (Lipinski definition) is 2. The summed E-state index contributed by atoms with van der Waals surface area (Å²) in [6, 6.07) is 24.2. The van der Waals surface area contributed by atoms with Gasteiger partial charge in [0.05, 0.1) is 11.1 Å². The number of nitrogens with one attached hydrogen (secondary N) is 2. The van der Waals surface area contributed by atoms with Crippen molar-refractivity contribution in [3.05, 3.63) is 102 Å². The molecule has 150 valence electrons. The SMILES string of the molecule is O=C(NCc1ccc2ncccc2c1)c1ccccc1S(=O)(=O)Nc1ccccc1. The highest BCUT2D eigenvalue weighted by atomic mass is 32.2. The first-order valence-corrected chi connectivity index (χ1v) is 10.8. The second-order valence-electron chi connectivity index (χ2n) is 6.68. The minimum absolute atomic E-state index is 0.0749. The third-order valence-electron chi connectivity index (χ3n) is 4.57. The Hall–Kier alpha value is -3.71. The Balaban J connectivity index is 1.54. The van der Waals surface area contributed by atoms with E-state index < -0.39 is 15.9 Å². The minimum Gasteiger partial charge on any atom is -0.348 e. The number of hydrogen-bond acceptors (Lipinski definition) is 4. The zero-order valence-corrected chi connectivity index (χ0v) is 16.8. The standard InChI is InChI=1S/C23H19N3O3S/c27-23(25-16-17-12-13-21-18(15-17)7-6-14-24-21)20-10-4-5-11-22(20)30(28,29)26-19-8-2-1-3-9-19/h1-15,26H,16H2,(H,25,27). The minimum atomic E-state index is -3.92. The first-order chi connectivity index (χ1) is 14.5. The van der Waals surface area contributed by atoms with Gasteiger partial charge in [-0.15, -0.1) is 0 Å². The lowest BCUT2D eigenvalue weighted by atomic mass is 10.1. The summed E-state index contributed by atoms with van der Waals surface area (Å²) < 4.78 is 28.2. The van der Waals surface area contributed by atoms with Crippen molar-refractivity contribution in [2.75, 3.05) is 4.72 Å². The van der Waals surface area contributed by atoms with Crippen molar-refractivity contribution in [1.29, 1.82) is 0 Å². The quantitative estimate of drug-likeness (QED) is 0.497. The normalized spacial score (nSPS) is 11.2. The van der Waals surface area contributed by atoms with E-state index in [0.717, 1.165) is 16.5 Å². The van der Waals surface area contributed by atoms with E-state index in [1.54, 1.807) is 48.7 Å². The average Bonchev–Trinajstić information content (AvgIpc) is 2.77. The third kappa shape index (κ3) is 4.31. The van der Waals surface area contributed by atoms with Gasteiger partial charge < -0.3 is 5.32 Å². The van der Waals surface area contributed by atoms with E-state index in [4.69, 9.17) is 0 Å². The van der Waals surface area contributed by atoms with Crippen LogP contribution in [0.2, 0.25) is 0 Å². The van der Waals surface area contributed by atoms with E-state index in [9.17, 15) is 13.2 Å². The summed E-state index contributed by atoms with van der Waals surface area (Å²) in [5.74, 6) is -0.463. The van der Waals surface area contributed by atoms with Crippen molar-refractivity contribution >= 4 is 32.5 Å². The number of sulfonamides is 1. The fourth-order valence-corrected chi connectivity index (χ4v) is 4.38. The number of fused-ring (bicyclic) bond motifs is 1. The molecule has 0 fully saturated rings. The zero-order valence-electron chi connectivity index (χ0n) is 15.9. The number of aromatic nitrogens is 1. The van der Waals surface area contributed by atoms with Gasteiger partial charge in [0.15, 0.2) is 0 Å². The Bertz CT molecular complexity index is 1310. The molecule has 0 saturated heterocycles. The summed E-state index contributed by atoms with van der Waals surface area (Å²) in [5, 5.41) is 3.78. The Morgan fingerprint density at radius 1 is 0.867 bits per heavy atom. The molecule has 30 heavy (non-hydrogen) atoms. The van der Waals surface area contributed by atoms with Gasteiger partial charge in [0.1, 0.15) is 4.90 Å². The fourth-order valence-electron chi connectivity index (χ4n) is 3.12. The van der Waals surface area contributed by atoms with Crippen molar-refractivity contribution in [2.24, 2.45) is 0 Å². The van der Waals surface area contributed by atoms with Gasteiger partial charge in [-0.25, -0.2) is 8.42 Å². The summed E-state index contributed by atoms with van der Waals surface area (Å²) in [4.78, 5) is 17.0. The van der Waals surface area contributed by atoms with Crippen molar-refractivity contribution in [1.82, 2.24) is 10.3 Å². The van der Waals surface area contributed by atoms with Crippen LogP contribution < -0.4 is 10.0 Å². The molecule has 0 saturated carbocycles. The number of amides is 1. The zero-order chi connectivity index (χ0) is 21.0. The predicted molar refractivity (Wildman–Crippen MR) is 117 cm³/mol. The molecular weight excluding hydrogens is 398 g/mol. The lowest BCUT2D eigenvalue weighted by molar-refractivity contribution is 0.0947. The largest absolute Gasteiger partial charge is 0.348 e. The molecule has 0 unspecified atom stereocenters. The molecule has 3 aromatic carbocycles. The molecular formula is C23H19N3O3S. The average molecular weight is 417 g/mol. The van der Waals surface area contributed by atoms with Crippen LogP contribution in [0.15, 0.2) is 96.0 Å². The number of benzene rings is 3. The van der Waals surface area contributed by atoms with Crippen molar-refractivity contribution in [2.45, 2.75) is 11.4 Å². The van der Waals surface area contributed by atoms with E-state index >= 15 is 0 Å². The second kappa shape index (κ2) is 8.34. The van der Waals surface area contributed by atoms with E-state index in [0.29, 0.717) is 5.69 Å². The third-order valence-corrected chi connectivity index (χ3v) is 6.01. The second-order valence-corrected chi connectivity index (χ2v) is 8.33. The molecule has 1 heterocycles. The molecule has 4 rings (SSSR count).